The second kappa shape index (κ2) is 7.20. The van der Waals surface area contributed by atoms with Crippen LogP contribution in [0.2, 0.25) is 0 Å². The molecule has 0 fully saturated rings. The summed E-state index contributed by atoms with van der Waals surface area (Å²) in [7, 11) is 3.81. The van der Waals surface area contributed by atoms with Crippen LogP contribution < -0.4 is 0 Å². The highest BCUT2D eigenvalue weighted by molar-refractivity contribution is 7.16. The highest BCUT2D eigenvalue weighted by Crippen LogP contribution is 2.21. The predicted molar refractivity (Wildman–Crippen MR) is 109 cm³/mol. The molecule has 4 aromatic rings. The maximum atomic E-state index is 13.4. The van der Waals surface area contributed by atoms with Gasteiger partial charge in [0, 0.05) is 25.4 Å². The standard InChI is InChI=1S/C20H22N6OS/c1-13-7-17(25(4)22-13)11-26(10-16-8-14(2)24(3)23-16)20(27)15-5-6-18-19(9-15)28-12-21-18/h5-9,12H,10-11H2,1-4H3. The number of nitrogens with zero attached hydrogens (tertiary/aromatic N) is 6. The zero-order valence-corrected chi connectivity index (χ0v) is 17.2. The Balaban J connectivity index is 1.67. The fraction of sp³-hybridized carbons (Fsp3) is 0.300. The fourth-order valence-corrected chi connectivity index (χ4v) is 4.00. The SMILES string of the molecule is Cc1cc(CN(Cc2cc(C)n(C)n2)C(=O)c2ccc3ncsc3c2)n(C)n1. The maximum Gasteiger partial charge on any atom is 0.254 e. The number of hydrogen-bond donors (Lipinski definition) is 0. The van der Waals surface area contributed by atoms with Gasteiger partial charge in [-0.05, 0) is 44.2 Å². The van der Waals surface area contributed by atoms with Crippen LogP contribution in [-0.4, -0.2) is 35.4 Å². The number of benzene rings is 1. The molecule has 0 saturated carbocycles. The van der Waals surface area contributed by atoms with Gasteiger partial charge in [-0.25, -0.2) is 4.98 Å². The van der Waals surface area contributed by atoms with Crippen LogP contribution in [0, 0.1) is 13.8 Å². The van der Waals surface area contributed by atoms with Crippen LogP contribution in [0.4, 0.5) is 0 Å². The Kier molecular flexibility index (Phi) is 4.72. The van der Waals surface area contributed by atoms with Gasteiger partial charge >= 0.3 is 0 Å². The van der Waals surface area contributed by atoms with Gasteiger partial charge in [0.1, 0.15) is 0 Å². The van der Waals surface area contributed by atoms with E-state index in [-0.39, 0.29) is 5.91 Å². The molecule has 0 aliphatic carbocycles. The molecule has 4 rings (SSSR count). The molecule has 0 spiro atoms. The first kappa shape index (κ1) is 18.4. The van der Waals surface area contributed by atoms with Crippen molar-refractivity contribution >= 4 is 27.5 Å². The Bertz CT molecular complexity index is 1140. The Morgan fingerprint density at radius 2 is 1.89 bits per heavy atom. The summed E-state index contributed by atoms with van der Waals surface area (Å²) in [4.78, 5) is 19.5. The Hall–Kier alpha value is -3.00. The van der Waals surface area contributed by atoms with Crippen molar-refractivity contribution in [3.05, 3.63) is 64.2 Å². The first-order valence-electron chi connectivity index (χ1n) is 9.02. The molecule has 3 heterocycles. The minimum Gasteiger partial charge on any atom is -0.327 e. The molecule has 8 heteroatoms. The van der Waals surface area contributed by atoms with Crippen LogP contribution in [0.25, 0.3) is 10.2 Å². The molecular formula is C20H22N6OS. The molecule has 3 aromatic heterocycles. The van der Waals surface area contributed by atoms with E-state index in [1.54, 1.807) is 5.51 Å². The lowest BCUT2D eigenvalue weighted by Gasteiger charge is -2.22. The number of fused-ring (bicyclic) bond motifs is 1. The van der Waals surface area contributed by atoms with Crippen molar-refractivity contribution in [2.45, 2.75) is 26.9 Å². The first-order chi connectivity index (χ1) is 13.4. The maximum absolute atomic E-state index is 13.4. The van der Waals surface area contributed by atoms with E-state index in [9.17, 15) is 4.79 Å². The van der Waals surface area contributed by atoms with Crippen molar-refractivity contribution in [1.82, 2.24) is 29.4 Å². The van der Waals surface area contributed by atoms with E-state index in [1.165, 1.54) is 11.3 Å². The largest absolute Gasteiger partial charge is 0.327 e. The second-order valence-electron chi connectivity index (χ2n) is 7.00. The highest BCUT2D eigenvalue weighted by Gasteiger charge is 2.20. The summed E-state index contributed by atoms with van der Waals surface area (Å²) < 4.78 is 4.66. The highest BCUT2D eigenvalue weighted by atomic mass is 32.1. The van der Waals surface area contributed by atoms with Crippen molar-refractivity contribution in [1.29, 1.82) is 0 Å². The second-order valence-corrected chi connectivity index (χ2v) is 7.88. The molecule has 0 radical (unpaired) electrons. The third kappa shape index (κ3) is 3.55. The molecular weight excluding hydrogens is 372 g/mol. The molecule has 28 heavy (non-hydrogen) atoms. The van der Waals surface area contributed by atoms with Crippen molar-refractivity contribution in [3.63, 3.8) is 0 Å². The Morgan fingerprint density at radius 1 is 1.07 bits per heavy atom. The Labute approximate surface area is 167 Å². The van der Waals surface area contributed by atoms with E-state index >= 15 is 0 Å². The number of hydrogen-bond acceptors (Lipinski definition) is 5. The predicted octanol–water partition coefficient (Wildman–Crippen LogP) is 3.22. The normalized spacial score (nSPS) is 11.3. The lowest BCUT2D eigenvalue weighted by atomic mass is 10.1. The van der Waals surface area contributed by atoms with E-state index in [2.05, 4.69) is 15.2 Å². The number of carbonyl (C=O) groups excluding carboxylic acids is 1. The van der Waals surface area contributed by atoms with Crippen molar-refractivity contribution in [2.24, 2.45) is 14.1 Å². The number of amides is 1. The van der Waals surface area contributed by atoms with Crippen LogP contribution in [-0.2, 0) is 27.2 Å². The molecule has 0 aliphatic rings. The average molecular weight is 395 g/mol. The van der Waals surface area contributed by atoms with Crippen LogP contribution in [0.15, 0.2) is 35.8 Å². The zero-order valence-electron chi connectivity index (χ0n) is 16.4. The summed E-state index contributed by atoms with van der Waals surface area (Å²) in [5.74, 6) is -0.0301. The number of carbonyl (C=O) groups is 1. The van der Waals surface area contributed by atoms with Crippen molar-refractivity contribution in [2.75, 3.05) is 0 Å². The summed E-state index contributed by atoms with van der Waals surface area (Å²) in [5, 5.41) is 8.94. The average Bonchev–Trinajstić information content (AvgIpc) is 3.33. The summed E-state index contributed by atoms with van der Waals surface area (Å²) in [5.41, 5.74) is 7.21. The van der Waals surface area contributed by atoms with Gasteiger partial charge in [0.25, 0.3) is 5.91 Å². The molecule has 144 valence electrons. The third-order valence-corrected chi connectivity index (χ3v) is 5.63. The van der Waals surface area contributed by atoms with Gasteiger partial charge in [0.15, 0.2) is 0 Å². The summed E-state index contributed by atoms with van der Waals surface area (Å²) in [6.45, 7) is 4.86. The quantitative estimate of drug-likeness (QED) is 0.521. The minimum atomic E-state index is -0.0301. The topological polar surface area (TPSA) is 68.8 Å². The van der Waals surface area contributed by atoms with E-state index in [0.717, 1.165) is 33.0 Å². The number of aromatic nitrogens is 5. The summed E-state index contributed by atoms with van der Waals surface area (Å²) in [6.07, 6.45) is 0. The van der Waals surface area contributed by atoms with Crippen LogP contribution in [0.5, 0.6) is 0 Å². The smallest absolute Gasteiger partial charge is 0.254 e. The molecule has 0 atom stereocenters. The molecule has 0 bridgehead atoms. The molecule has 0 N–H and O–H groups in total. The van der Waals surface area contributed by atoms with Gasteiger partial charge < -0.3 is 4.90 Å². The van der Waals surface area contributed by atoms with Gasteiger partial charge in [-0.15, -0.1) is 11.3 Å². The number of aryl methyl sites for hydroxylation is 4. The molecule has 0 aliphatic heterocycles. The van der Waals surface area contributed by atoms with Crippen LogP contribution >= 0.6 is 11.3 Å². The molecule has 1 amide bonds. The molecule has 7 nitrogen and oxygen atoms in total. The fourth-order valence-electron chi connectivity index (χ4n) is 3.29. The van der Waals surface area contributed by atoms with Crippen LogP contribution in [0.1, 0.15) is 33.1 Å². The number of rotatable bonds is 5. The molecule has 1 aromatic carbocycles. The first-order valence-corrected chi connectivity index (χ1v) is 9.90. The summed E-state index contributed by atoms with van der Waals surface area (Å²) in [6, 6.07) is 9.68. The van der Waals surface area contributed by atoms with E-state index in [4.69, 9.17) is 0 Å². The van der Waals surface area contributed by atoms with Crippen LogP contribution in [0.3, 0.4) is 0 Å². The lowest BCUT2D eigenvalue weighted by Crippen LogP contribution is -2.31. The molecule has 0 unspecified atom stereocenters. The Morgan fingerprint density at radius 3 is 2.57 bits per heavy atom. The summed E-state index contributed by atoms with van der Waals surface area (Å²) >= 11 is 1.54. The van der Waals surface area contributed by atoms with Gasteiger partial charge in [-0.1, -0.05) is 0 Å². The zero-order chi connectivity index (χ0) is 19.8. The van der Waals surface area contributed by atoms with Crippen molar-refractivity contribution < 1.29 is 4.79 Å². The van der Waals surface area contributed by atoms with Gasteiger partial charge in [-0.2, -0.15) is 10.2 Å². The molecule has 0 saturated heterocycles. The van der Waals surface area contributed by atoms with Gasteiger partial charge in [0.2, 0.25) is 0 Å². The van der Waals surface area contributed by atoms with E-state index in [0.29, 0.717) is 18.7 Å². The lowest BCUT2D eigenvalue weighted by molar-refractivity contribution is 0.0723. The van der Waals surface area contributed by atoms with E-state index < -0.39 is 0 Å². The van der Waals surface area contributed by atoms with Gasteiger partial charge in [0.05, 0.1) is 45.9 Å². The van der Waals surface area contributed by atoms with Crippen molar-refractivity contribution in [3.8, 4) is 0 Å². The third-order valence-electron chi connectivity index (χ3n) is 4.83. The van der Waals surface area contributed by atoms with E-state index in [1.807, 2.05) is 72.5 Å². The minimum absolute atomic E-state index is 0.0301. The number of thiazole rings is 1. The monoisotopic (exact) mass is 394 g/mol. The van der Waals surface area contributed by atoms with Gasteiger partial charge in [-0.3, -0.25) is 14.2 Å².